The van der Waals surface area contributed by atoms with Crippen molar-refractivity contribution in [2.45, 2.75) is 33.6 Å². The molecule has 0 nitrogen and oxygen atoms in total. The van der Waals surface area contributed by atoms with Gasteiger partial charge >= 0.3 is 0 Å². The topological polar surface area (TPSA) is 0 Å². The van der Waals surface area contributed by atoms with Gasteiger partial charge in [-0.3, -0.25) is 0 Å². The molecule has 0 spiro atoms. The fraction of sp³-hybridized carbons (Fsp3) is 0.294. The van der Waals surface area contributed by atoms with Crippen molar-refractivity contribution in [1.82, 2.24) is 0 Å². The van der Waals surface area contributed by atoms with Crippen molar-refractivity contribution >= 4 is 0 Å². The molecule has 0 aliphatic carbocycles. The second kappa shape index (κ2) is 5.18. The molecule has 0 saturated heterocycles. The lowest BCUT2D eigenvalue weighted by Gasteiger charge is -2.10. The molecule has 0 unspecified atom stereocenters. The van der Waals surface area contributed by atoms with Gasteiger partial charge in [-0.2, -0.15) is 0 Å². The maximum Gasteiger partial charge on any atom is -0.0152 e. The highest BCUT2D eigenvalue weighted by Crippen LogP contribution is 2.25. The second-order valence-electron chi connectivity index (χ2n) is 4.56. The quantitative estimate of drug-likeness (QED) is 0.703. The minimum absolute atomic E-state index is 1.09. The molecule has 0 heterocycles. The molecule has 0 radical (unpaired) electrons. The van der Waals surface area contributed by atoms with E-state index < -0.39 is 0 Å². The fourth-order valence-electron chi connectivity index (χ4n) is 2.17. The van der Waals surface area contributed by atoms with Crippen LogP contribution in [0.3, 0.4) is 0 Å². The van der Waals surface area contributed by atoms with Gasteiger partial charge in [-0.1, -0.05) is 61.9 Å². The van der Waals surface area contributed by atoms with Gasteiger partial charge in [0.05, 0.1) is 0 Å². The summed E-state index contributed by atoms with van der Waals surface area (Å²) in [6.07, 6.45) is 2.21. The first-order valence-electron chi connectivity index (χ1n) is 6.43. The Bertz CT molecular complexity index is 492. The van der Waals surface area contributed by atoms with Crippen LogP contribution in [0.5, 0.6) is 0 Å². The van der Waals surface area contributed by atoms with Gasteiger partial charge in [-0.05, 0) is 42.0 Å². The van der Waals surface area contributed by atoms with Crippen molar-refractivity contribution in [3.8, 4) is 11.1 Å². The summed E-state index contributed by atoms with van der Waals surface area (Å²) in [5.74, 6) is 0. The van der Waals surface area contributed by atoms with Gasteiger partial charge in [0, 0.05) is 0 Å². The summed E-state index contributed by atoms with van der Waals surface area (Å²) in [4.78, 5) is 0. The second-order valence-corrected chi connectivity index (χ2v) is 4.56. The van der Waals surface area contributed by atoms with E-state index in [9.17, 15) is 0 Å². The van der Waals surface area contributed by atoms with Gasteiger partial charge in [-0.15, -0.1) is 0 Å². The molecule has 2 aromatic rings. The number of hydrogen-bond acceptors (Lipinski definition) is 0. The molecule has 0 aliphatic rings. The van der Waals surface area contributed by atoms with Gasteiger partial charge in [-0.25, -0.2) is 0 Å². The minimum atomic E-state index is 1.09. The molecule has 0 bridgehead atoms. The van der Waals surface area contributed by atoms with Crippen molar-refractivity contribution in [3.63, 3.8) is 0 Å². The predicted octanol–water partition coefficient (Wildman–Crippen LogP) is 4.79. The number of benzene rings is 2. The van der Waals surface area contributed by atoms with E-state index in [1.807, 2.05) is 0 Å². The molecule has 88 valence electrons. The third kappa shape index (κ3) is 2.58. The van der Waals surface area contributed by atoms with E-state index in [1.54, 1.807) is 0 Å². The molecule has 0 atom stereocenters. The maximum atomic E-state index is 2.34. The molecule has 0 aromatic heterocycles. The average Bonchev–Trinajstić information content (AvgIpc) is 2.39. The molecule has 0 amide bonds. The first-order chi connectivity index (χ1) is 8.24. The van der Waals surface area contributed by atoms with E-state index in [2.05, 4.69) is 63.2 Å². The molecule has 2 rings (SSSR count). The molecule has 2 aromatic carbocycles. The summed E-state index contributed by atoms with van der Waals surface area (Å²) in [5, 5.41) is 0. The van der Waals surface area contributed by atoms with Crippen LogP contribution in [0.15, 0.2) is 42.5 Å². The standard InChI is InChI=1S/C17H20/c1-4-14-8-11-17(15(5-2)12-14)16-9-6-13(3)7-10-16/h6-12H,4-5H2,1-3H3. The van der Waals surface area contributed by atoms with Gasteiger partial charge < -0.3 is 0 Å². The van der Waals surface area contributed by atoms with Crippen molar-refractivity contribution in [3.05, 3.63) is 59.2 Å². The normalized spacial score (nSPS) is 10.5. The smallest absolute Gasteiger partial charge is 0.0152 e. The summed E-state index contributed by atoms with van der Waals surface area (Å²) in [5.41, 5.74) is 6.91. The fourth-order valence-corrected chi connectivity index (χ4v) is 2.17. The Morgan fingerprint density at radius 2 is 1.53 bits per heavy atom. The highest BCUT2D eigenvalue weighted by molar-refractivity contribution is 5.68. The lowest BCUT2D eigenvalue weighted by atomic mass is 9.95. The van der Waals surface area contributed by atoms with E-state index in [4.69, 9.17) is 0 Å². The summed E-state index contributed by atoms with van der Waals surface area (Å²) >= 11 is 0. The molecular formula is C17H20. The van der Waals surface area contributed by atoms with E-state index in [1.165, 1.54) is 27.8 Å². The van der Waals surface area contributed by atoms with Crippen LogP contribution in [0.2, 0.25) is 0 Å². The first-order valence-corrected chi connectivity index (χ1v) is 6.43. The van der Waals surface area contributed by atoms with Crippen LogP contribution in [-0.2, 0) is 12.8 Å². The third-order valence-electron chi connectivity index (χ3n) is 3.32. The molecule has 0 aliphatic heterocycles. The number of aryl methyl sites for hydroxylation is 3. The predicted molar refractivity (Wildman–Crippen MR) is 75.4 cm³/mol. The zero-order valence-corrected chi connectivity index (χ0v) is 11.0. The van der Waals surface area contributed by atoms with Crippen LogP contribution in [0.25, 0.3) is 11.1 Å². The molecule has 0 fully saturated rings. The monoisotopic (exact) mass is 224 g/mol. The van der Waals surface area contributed by atoms with Gasteiger partial charge in [0.1, 0.15) is 0 Å². The van der Waals surface area contributed by atoms with E-state index in [0.29, 0.717) is 0 Å². The first kappa shape index (κ1) is 11.9. The maximum absolute atomic E-state index is 2.34. The van der Waals surface area contributed by atoms with Crippen LogP contribution in [0.4, 0.5) is 0 Å². The summed E-state index contributed by atoms with van der Waals surface area (Å²) in [6.45, 7) is 6.57. The number of hydrogen-bond donors (Lipinski definition) is 0. The molecule has 0 heteroatoms. The summed E-state index contributed by atoms with van der Waals surface area (Å²) in [6, 6.07) is 15.7. The Morgan fingerprint density at radius 3 is 2.12 bits per heavy atom. The Balaban J connectivity index is 2.47. The van der Waals surface area contributed by atoms with Gasteiger partial charge in [0.15, 0.2) is 0 Å². The lowest BCUT2D eigenvalue weighted by molar-refractivity contribution is 1.09. The van der Waals surface area contributed by atoms with E-state index >= 15 is 0 Å². The largest absolute Gasteiger partial charge is 0.0613 e. The van der Waals surface area contributed by atoms with Crippen LogP contribution in [0.1, 0.15) is 30.5 Å². The Morgan fingerprint density at radius 1 is 0.824 bits per heavy atom. The van der Waals surface area contributed by atoms with Crippen molar-refractivity contribution in [2.24, 2.45) is 0 Å². The third-order valence-corrected chi connectivity index (χ3v) is 3.32. The summed E-state index contributed by atoms with van der Waals surface area (Å²) in [7, 11) is 0. The van der Waals surface area contributed by atoms with Crippen molar-refractivity contribution in [2.75, 3.05) is 0 Å². The summed E-state index contributed by atoms with van der Waals surface area (Å²) < 4.78 is 0. The zero-order valence-electron chi connectivity index (χ0n) is 11.0. The molecule has 0 N–H and O–H groups in total. The molecular weight excluding hydrogens is 204 g/mol. The van der Waals surface area contributed by atoms with Crippen LogP contribution in [-0.4, -0.2) is 0 Å². The highest BCUT2D eigenvalue weighted by Gasteiger charge is 2.04. The van der Waals surface area contributed by atoms with Crippen molar-refractivity contribution in [1.29, 1.82) is 0 Å². The van der Waals surface area contributed by atoms with E-state index in [-0.39, 0.29) is 0 Å². The Labute approximate surface area is 104 Å². The lowest BCUT2D eigenvalue weighted by Crippen LogP contribution is -1.91. The average molecular weight is 224 g/mol. The van der Waals surface area contributed by atoms with Crippen LogP contribution < -0.4 is 0 Å². The van der Waals surface area contributed by atoms with Gasteiger partial charge in [0.2, 0.25) is 0 Å². The minimum Gasteiger partial charge on any atom is -0.0613 e. The van der Waals surface area contributed by atoms with E-state index in [0.717, 1.165) is 12.8 Å². The van der Waals surface area contributed by atoms with Crippen LogP contribution in [0, 0.1) is 6.92 Å². The number of rotatable bonds is 3. The Kier molecular flexibility index (Phi) is 3.63. The molecule has 17 heavy (non-hydrogen) atoms. The van der Waals surface area contributed by atoms with Gasteiger partial charge in [0.25, 0.3) is 0 Å². The van der Waals surface area contributed by atoms with Crippen molar-refractivity contribution < 1.29 is 0 Å². The SMILES string of the molecule is CCc1ccc(-c2ccc(C)cc2)c(CC)c1. The molecule has 0 saturated carbocycles. The highest BCUT2D eigenvalue weighted by atomic mass is 14.1. The Hall–Kier alpha value is -1.56. The van der Waals surface area contributed by atoms with Crippen LogP contribution >= 0.6 is 0 Å². The zero-order chi connectivity index (χ0) is 12.3.